The van der Waals surface area contributed by atoms with Crippen molar-refractivity contribution in [1.82, 2.24) is 5.32 Å². The van der Waals surface area contributed by atoms with E-state index in [9.17, 15) is 9.59 Å². The zero-order chi connectivity index (χ0) is 19.6. The first-order valence-corrected chi connectivity index (χ1v) is 8.47. The van der Waals surface area contributed by atoms with Crippen LogP contribution in [0.15, 0.2) is 42.5 Å². The molecule has 0 aliphatic carbocycles. The average Bonchev–Trinajstić information content (AvgIpc) is 2.71. The first kappa shape index (κ1) is 20.1. The number of amides is 1. The second kappa shape index (κ2) is 10.1. The number of para-hydroxylation sites is 1. The molecule has 7 heteroatoms. The Bertz CT molecular complexity index is 792. The van der Waals surface area contributed by atoms with Crippen molar-refractivity contribution in [2.45, 2.75) is 6.42 Å². The van der Waals surface area contributed by atoms with Crippen LogP contribution in [0.4, 0.5) is 5.69 Å². The van der Waals surface area contributed by atoms with Crippen LogP contribution in [0.2, 0.25) is 0 Å². The van der Waals surface area contributed by atoms with Crippen LogP contribution in [0.25, 0.3) is 0 Å². The molecule has 27 heavy (non-hydrogen) atoms. The summed E-state index contributed by atoms with van der Waals surface area (Å²) in [5, 5.41) is 5.80. The van der Waals surface area contributed by atoms with E-state index in [4.69, 9.17) is 14.2 Å². The van der Waals surface area contributed by atoms with Crippen molar-refractivity contribution in [3.05, 3.63) is 53.6 Å². The minimum absolute atomic E-state index is 0.0555. The van der Waals surface area contributed by atoms with Crippen LogP contribution in [-0.4, -0.2) is 46.3 Å². The summed E-state index contributed by atoms with van der Waals surface area (Å²) in [5.74, 6) is 0.697. The van der Waals surface area contributed by atoms with Gasteiger partial charge in [0.2, 0.25) is 5.91 Å². The zero-order valence-electron chi connectivity index (χ0n) is 15.7. The van der Waals surface area contributed by atoms with Gasteiger partial charge in [-0.15, -0.1) is 0 Å². The van der Waals surface area contributed by atoms with E-state index in [0.29, 0.717) is 35.7 Å². The fourth-order valence-electron chi connectivity index (χ4n) is 2.55. The van der Waals surface area contributed by atoms with Crippen molar-refractivity contribution >= 4 is 17.6 Å². The summed E-state index contributed by atoms with van der Waals surface area (Å²) in [6, 6.07) is 12.5. The van der Waals surface area contributed by atoms with E-state index < -0.39 is 5.97 Å². The summed E-state index contributed by atoms with van der Waals surface area (Å²) in [4.78, 5) is 23.8. The first-order chi connectivity index (χ1) is 13.1. The second-order valence-corrected chi connectivity index (χ2v) is 5.68. The van der Waals surface area contributed by atoms with E-state index >= 15 is 0 Å². The van der Waals surface area contributed by atoms with Gasteiger partial charge in [-0.1, -0.05) is 18.2 Å². The number of hydrogen-bond acceptors (Lipinski definition) is 6. The molecule has 0 heterocycles. The number of carbonyl (C=O) groups is 2. The molecule has 7 nitrogen and oxygen atoms in total. The maximum atomic E-state index is 12.0. The van der Waals surface area contributed by atoms with Crippen molar-refractivity contribution in [3.8, 4) is 11.5 Å². The fraction of sp³-hybridized carbons (Fsp3) is 0.300. The Morgan fingerprint density at radius 1 is 0.963 bits per heavy atom. The molecular formula is C20H24N2O5. The number of esters is 1. The van der Waals surface area contributed by atoms with E-state index in [1.807, 2.05) is 18.2 Å². The van der Waals surface area contributed by atoms with E-state index in [2.05, 4.69) is 10.6 Å². The van der Waals surface area contributed by atoms with Crippen LogP contribution in [0, 0.1) is 0 Å². The van der Waals surface area contributed by atoms with Crippen molar-refractivity contribution in [2.24, 2.45) is 0 Å². The second-order valence-electron chi connectivity index (χ2n) is 5.68. The van der Waals surface area contributed by atoms with Crippen LogP contribution in [0.1, 0.15) is 15.9 Å². The lowest BCUT2D eigenvalue weighted by Crippen LogP contribution is -2.31. The molecule has 1 amide bonds. The number of anilines is 1. The summed E-state index contributed by atoms with van der Waals surface area (Å²) >= 11 is 0. The molecule has 0 unspecified atom stereocenters. The SMILES string of the molecule is COC(=O)c1ccccc1NCC(=O)NCCc1ccc(OC)c(OC)c1. The third kappa shape index (κ3) is 5.64. The lowest BCUT2D eigenvalue weighted by molar-refractivity contribution is -0.119. The minimum atomic E-state index is -0.452. The summed E-state index contributed by atoms with van der Waals surface area (Å²) in [6.07, 6.45) is 0.658. The molecule has 0 aromatic heterocycles. The Hall–Kier alpha value is -3.22. The summed E-state index contributed by atoms with van der Waals surface area (Å²) in [5.41, 5.74) is 1.97. The van der Waals surface area contributed by atoms with Gasteiger partial charge in [0.25, 0.3) is 0 Å². The third-order valence-corrected chi connectivity index (χ3v) is 3.96. The number of nitrogens with one attached hydrogen (secondary N) is 2. The number of benzene rings is 2. The Balaban J connectivity index is 1.83. The predicted octanol–water partition coefficient (Wildman–Crippen LogP) is 2.26. The summed E-state index contributed by atoms with van der Waals surface area (Å²) < 4.78 is 15.2. The van der Waals surface area contributed by atoms with Crippen LogP contribution in [-0.2, 0) is 16.0 Å². The molecule has 0 aliphatic rings. The van der Waals surface area contributed by atoms with Gasteiger partial charge in [-0.05, 0) is 36.2 Å². The molecule has 0 radical (unpaired) electrons. The van der Waals surface area contributed by atoms with Gasteiger partial charge in [0, 0.05) is 12.2 Å². The molecule has 0 bridgehead atoms. The monoisotopic (exact) mass is 372 g/mol. The molecule has 0 saturated carbocycles. The standard InChI is InChI=1S/C20H24N2O5/c1-25-17-9-8-14(12-18(17)26-2)10-11-21-19(23)13-22-16-7-5-4-6-15(16)20(24)27-3/h4-9,12,22H,10-11,13H2,1-3H3,(H,21,23). The van der Waals surface area contributed by atoms with Crippen molar-refractivity contribution in [2.75, 3.05) is 39.7 Å². The normalized spacial score (nSPS) is 10.0. The van der Waals surface area contributed by atoms with Gasteiger partial charge >= 0.3 is 5.97 Å². The molecule has 2 aromatic rings. The molecule has 2 aromatic carbocycles. The van der Waals surface area contributed by atoms with Crippen LogP contribution >= 0.6 is 0 Å². The Morgan fingerprint density at radius 2 is 1.70 bits per heavy atom. The zero-order valence-corrected chi connectivity index (χ0v) is 15.7. The summed E-state index contributed by atoms with van der Waals surface area (Å²) in [7, 11) is 4.49. The highest BCUT2D eigenvalue weighted by molar-refractivity contribution is 5.96. The van der Waals surface area contributed by atoms with Crippen LogP contribution in [0.5, 0.6) is 11.5 Å². The van der Waals surface area contributed by atoms with Gasteiger partial charge in [0.05, 0.1) is 33.4 Å². The van der Waals surface area contributed by atoms with Crippen molar-refractivity contribution in [3.63, 3.8) is 0 Å². The molecule has 2 N–H and O–H groups in total. The summed E-state index contributed by atoms with van der Waals surface area (Å²) in [6.45, 7) is 0.536. The quantitative estimate of drug-likeness (QED) is 0.657. The highest BCUT2D eigenvalue weighted by Gasteiger charge is 2.11. The first-order valence-electron chi connectivity index (χ1n) is 8.47. The van der Waals surface area contributed by atoms with Gasteiger partial charge in [0.15, 0.2) is 11.5 Å². The van der Waals surface area contributed by atoms with Crippen molar-refractivity contribution < 1.29 is 23.8 Å². The number of carbonyl (C=O) groups excluding carboxylic acids is 2. The highest BCUT2D eigenvalue weighted by Crippen LogP contribution is 2.27. The van der Waals surface area contributed by atoms with Gasteiger partial charge < -0.3 is 24.8 Å². The van der Waals surface area contributed by atoms with Gasteiger partial charge in [-0.25, -0.2) is 4.79 Å². The van der Waals surface area contributed by atoms with E-state index in [1.165, 1.54) is 7.11 Å². The third-order valence-electron chi connectivity index (χ3n) is 3.96. The average molecular weight is 372 g/mol. The van der Waals surface area contributed by atoms with Gasteiger partial charge in [-0.3, -0.25) is 4.79 Å². The van der Waals surface area contributed by atoms with E-state index in [1.54, 1.807) is 38.5 Å². The molecule has 0 aliphatic heterocycles. The lowest BCUT2D eigenvalue weighted by atomic mass is 10.1. The smallest absolute Gasteiger partial charge is 0.339 e. The minimum Gasteiger partial charge on any atom is -0.493 e. The number of ether oxygens (including phenoxy) is 3. The fourth-order valence-corrected chi connectivity index (χ4v) is 2.55. The Morgan fingerprint density at radius 3 is 2.41 bits per heavy atom. The Kier molecular flexibility index (Phi) is 7.49. The molecule has 0 spiro atoms. The van der Waals surface area contributed by atoms with E-state index in [-0.39, 0.29) is 12.5 Å². The maximum Gasteiger partial charge on any atom is 0.339 e. The van der Waals surface area contributed by atoms with Crippen LogP contribution < -0.4 is 20.1 Å². The lowest BCUT2D eigenvalue weighted by Gasteiger charge is -2.12. The maximum absolute atomic E-state index is 12.0. The Labute approximate surface area is 158 Å². The molecule has 0 atom stereocenters. The molecule has 0 fully saturated rings. The molecule has 0 saturated heterocycles. The van der Waals surface area contributed by atoms with Gasteiger partial charge in [-0.2, -0.15) is 0 Å². The molecular weight excluding hydrogens is 348 g/mol. The predicted molar refractivity (Wildman–Crippen MR) is 103 cm³/mol. The van der Waals surface area contributed by atoms with Crippen LogP contribution in [0.3, 0.4) is 0 Å². The topological polar surface area (TPSA) is 85.9 Å². The number of methoxy groups -OCH3 is 3. The van der Waals surface area contributed by atoms with Crippen molar-refractivity contribution in [1.29, 1.82) is 0 Å². The number of rotatable bonds is 9. The molecule has 2 rings (SSSR count). The molecule has 144 valence electrons. The highest BCUT2D eigenvalue weighted by atomic mass is 16.5. The van der Waals surface area contributed by atoms with Gasteiger partial charge in [0.1, 0.15) is 0 Å². The number of hydrogen-bond donors (Lipinski definition) is 2. The van der Waals surface area contributed by atoms with E-state index in [0.717, 1.165) is 5.56 Å². The largest absolute Gasteiger partial charge is 0.493 e.